The smallest absolute Gasteiger partial charge is 0.368 e. The maximum absolute atomic E-state index is 10.5. The van der Waals surface area contributed by atoms with E-state index < -0.39 is 18.9 Å². The van der Waals surface area contributed by atoms with Gasteiger partial charge < -0.3 is 19.6 Å². The van der Waals surface area contributed by atoms with Crippen molar-refractivity contribution in [1.82, 2.24) is 0 Å². The molecule has 0 saturated heterocycles. The van der Waals surface area contributed by atoms with Gasteiger partial charge in [0.25, 0.3) is 5.34 Å². The maximum atomic E-state index is 10.5. The van der Waals surface area contributed by atoms with Gasteiger partial charge in [-0.25, -0.2) is 4.79 Å². The van der Waals surface area contributed by atoms with E-state index in [1.54, 1.807) is 0 Å². The van der Waals surface area contributed by atoms with Crippen molar-refractivity contribution in [1.29, 1.82) is 0 Å². The lowest BCUT2D eigenvalue weighted by Crippen LogP contribution is -2.36. The first-order valence-corrected chi connectivity index (χ1v) is 4.21. The minimum atomic E-state index is -4.77. The molecule has 1 atom stereocenters. The molecule has 66 valence electrons. The summed E-state index contributed by atoms with van der Waals surface area (Å²) < 4.78 is 14.7. The summed E-state index contributed by atoms with van der Waals surface area (Å²) in [5.41, 5.74) is 0. The van der Waals surface area contributed by atoms with Crippen LogP contribution in [0.1, 0.15) is 6.92 Å². The SMILES string of the molecule is COC(C)(C(=O)O)P(=O)(O)O. The van der Waals surface area contributed by atoms with Crippen molar-refractivity contribution >= 4 is 13.6 Å². The van der Waals surface area contributed by atoms with Crippen molar-refractivity contribution in [2.24, 2.45) is 0 Å². The highest BCUT2D eigenvalue weighted by molar-refractivity contribution is 7.54. The molecule has 0 bridgehead atoms. The van der Waals surface area contributed by atoms with Gasteiger partial charge in [0.1, 0.15) is 0 Å². The van der Waals surface area contributed by atoms with Crippen LogP contribution < -0.4 is 0 Å². The van der Waals surface area contributed by atoms with E-state index in [-0.39, 0.29) is 0 Å². The molecule has 0 aliphatic rings. The minimum Gasteiger partial charge on any atom is -0.479 e. The third-order valence-electron chi connectivity index (χ3n) is 1.35. The van der Waals surface area contributed by atoms with Gasteiger partial charge in [-0.3, -0.25) is 4.57 Å². The van der Waals surface area contributed by atoms with E-state index in [2.05, 4.69) is 4.74 Å². The molecule has 0 fully saturated rings. The molecule has 0 rings (SSSR count). The summed E-state index contributed by atoms with van der Waals surface area (Å²) in [6.45, 7) is 0.816. The molecule has 3 N–H and O–H groups in total. The van der Waals surface area contributed by atoms with Crippen molar-refractivity contribution in [3.63, 3.8) is 0 Å². The number of aliphatic carboxylic acids is 1. The first-order valence-electron chi connectivity index (χ1n) is 2.60. The summed E-state index contributed by atoms with van der Waals surface area (Å²) in [5.74, 6) is -1.69. The van der Waals surface area contributed by atoms with Crippen LogP contribution in [0.25, 0.3) is 0 Å². The molecule has 0 aromatic carbocycles. The van der Waals surface area contributed by atoms with E-state index in [9.17, 15) is 9.36 Å². The van der Waals surface area contributed by atoms with Gasteiger partial charge in [0, 0.05) is 7.11 Å². The topological polar surface area (TPSA) is 104 Å². The number of carboxylic acids is 1. The quantitative estimate of drug-likeness (QED) is 0.516. The van der Waals surface area contributed by atoms with E-state index in [0.717, 1.165) is 14.0 Å². The standard InChI is InChI=1S/C4H9O6P/c1-4(10-2,3(5)6)11(7,8)9/h1-2H3,(H,5,6)(H2,7,8,9). The summed E-state index contributed by atoms with van der Waals surface area (Å²) in [6, 6.07) is 0. The Morgan fingerprint density at radius 3 is 1.91 bits per heavy atom. The second-order valence-corrected chi connectivity index (χ2v) is 3.98. The van der Waals surface area contributed by atoms with Gasteiger partial charge in [-0.2, -0.15) is 0 Å². The van der Waals surface area contributed by atoms with Gasteiger partial charge in [0.15, 0.2) is 0 Å². The molecular formula is C4H9O6P. The molecule has 0 spiro atoms. The van der Waals surface area contributed by atoms with Crippen molar-refractivity contribution in [3.8, 4) is 0 Å². The van der Waals surface area contributed by atoms with Gasteiger partial charge >= 0.3 is 13.6 Å². The van der Waals surface area contributed by atoms with Gasteiger partial charge in [0.05, 0.1) is 0 Å². The number of carboxylic acid groups (broad SMARTS) is 1. The first-order chi connectivity index (χ1) is 4.75. The van der Waals surface area contributed by atoms with E-state index in [1.165, 1.54) is 0 Å². The summed E-state index contributed by atoms with van der Waals surface area (Å²) in [7, 11) is -3.84. The molecule has 0 heterocycles. The second kappa shape index (κ2) is 2.91. The molecule has 0 aromatic rings. The Hall–Kier alpha value is -0.420. The number of carbonyl (C=O) groups is 1. The van der Waals surface area contributed by atoms with Crippen molar-refractivity contribution < 1.29 is 29.0 Å². The van der Waals surface area contributed by atoms with Crippen LogP contribution in [0.2, 0.25) is 0 Å². The van der Waals surface area contributed by atoms with Crippen molar-refractivity contribution in [2.45, 2.75) is 12.3 Å². The van der Waals surface area contributed by atoms with Crippen LogP contribution >= 0.6 is 7.60 Å². The van der Waals surface area contributed by atoms with Crippen LogP contribution in [-0.2, 0) is 14.1 Å². The highest BCUT2D eigenvalue weighted by atomic mass is 31.2. The predicted octanol–water partition coefficient (Wildman–Crippen LogP) is -0.389. The summed E-state index contributed by atoms with van der Waals surface area (Å²) in [4.78, 5) is 27.3. The molecule has 1 unspecified atom stereocenters. The minimum absolute atomic E-state index is 0.816. The number of methoxy groups -OCH3 is 1. The molecular weight excluding hydrogens is 175 g/mol. The zero-order valence-electron chi connectivity index (χ0n) is 6.01. The van der Waals surface area contributed by atoms with E-state index >= 15 is 0 Å². The highest BCUT2D eigenvalue weighted by Gasteiger charge is 2.50. The van der Waals surface area contributed by atoms with Crippen LogP contribution in [0.4, 0.5) is 0 Å². The Morgan fingerprint density at radius 2 is 1.91 bits per heavy atom. The lowest BCUT2D eigenvalue weighted by atomic mass is 10.4. The molecule has 0 radical (unpaired) electrons. The predicted molar refractivity (Wildman–Crippen MR) is 35.1 cm³/mol. The lowest BCUT2D eigenvalue weighted by Gasteiger charge is -2.23. The monoisotopic (exact) mass is 184 g/mol. The molecule has 0 saturated carbocycles. The maximum Gasteiger partial charge on any atom is 0.368 e. The molecule has 6 nitrogen and oxygen atoms in total. The Balaban J connectivity index is 4.92. The fourth-order valence-electron chi connectivity index (χ4n) is 0.331. The van der Waals surface area contributed by atoms with Gasteiger partial charge in [-0.15, -0.1) is 0 Å². The Morgan fingerprint density at radius 1 is 1.55 bits per heavy atom. The number of rotatable bonds is 3. The molecule has 0 aliphatic heterocycles. The van der Waals surface area contributed by atoms with E-state index in [4.69, 9.17) is 14.9 Å². The molecule has 7 heteroatoms. The third-order valence-corrected chi connectivity index (χ3v) is 2.84. The Bertz CT molecular complexity index is 207. The normalized spacial score (nSPS) is 17.5. The molecule has 0 aromatic heterocycles. The largest absolute Gasteiger partial charge is 0.479 e. The van der Waals surface area contributed by atoms with Gasteiger partial charge in [-0.1, -0.05) is 0 Å². The molecule has 0 amide bonds. The van der Waals surface area contributed by atoms with Gasteiger partial charge in [-0.05, 0) is 6.92 Å². The van der Waals surface area contributed by atoms with E-state index in [0.29, 0.717) is 0 Å². The fourth-order valence-corrected chi connectivity index (χ4v) is 0.818. The number of hydrogen-bond acceptors (Lipinski definition) is 3. The lowest BCUT2D eigenvalue weighted by molar-refractivity contribution is -0.152. The summed E-state index contributed by atoms with van der Waals surface area (Å²) in [6.07, 6.45) is 0. The molecule has 0 aliphatic carbocycles. The van der Waals surface area contributed by atoms with Gasteiger partial charge in [0.2, 0.25) is 0 Å². The van der Waals surface area contributed by atoms with Crippen LogP contribution in [0, 0.1) is 0 Å². The van der Waals surface area contributed by atoms with Crippen LogP contribution in [0.15, 0.2) is 0 Å². The van der Waals surface area contributed by atoms with Crippen molar-refractivity contribution in [2.75, 3.05) is 7.11 Å². The average Bonchev–Trinajstić information content (AvgIpc) is 1.83. The highest BCUT2D eigenvalue weighted by Crippen LogP contribution is 2.50. The van der Waals surface area contributed by atoms with Crippen LogP contribution in [0.3, 0.4) is 0 Å². The molecule has 11 heavy (non-hydrogen) atoms. The average molecular weight is 184 g/mol. The Labute approximate surface area is 63.0 Å². The number of hydrogen-bond donors (Lipinski definition) is 3. The first kappa shape index (κ1) is 10.6. The van der Waals surface area contributed by atoms with E-state index in [1.807, 2.05) is 0 Å². The van der Waals surface area contributed by atoms with Crippen LogP contribution in [0.5, 0.6) is 0 Å². The summed E-state index contributed by atoms with van der Waals surface area (Å²) in [5, 5.41) is 5.91. The number of ether oxygens (including phenoxy) is 1. The zero-order valence-corrected chi connectivity index (χ0v) is 6.91. The third kappa shape index (κ3) is 1.78. The zero-order chi connectivity index (χ0) is 9.28. The fraction of sp³-hybridized carbons (Fsp3) is 0.750. The Kier molecular flexibility index (Phi) is 2.79. The summed E-state index contributed by atoms with van der Waals surface area (Å²) >= 11 is 0. The van der Waals surface area contributed by atoms with Crippen molar-refractivity contribution in [3.05, 3.63) is 0 Å². The van der Waals surface area contributed by atoms with Crippen LogP contribution in [-0.4, -0.2) is 33.3 Å². The second-order valence-electron chi connectivity index (χ2n) is 2.04.